The normalized spacial score (nSPS) is 10.7. The molecule has 8 nitrogen and oxygen atoms in total. The first-order chi connectivity index (χ1) is 14.0. The summed E-state index contributed by atoms with van der Waals surface area (Å²) in [7, 11) is 1.80. The number of carbonyl (C=O) groups is 2. The predicted octanol–water partition coefficient (Wildman–Crippen LogP) is 2.94. The van der Waals surface area contributed by atoms with Crippen LogP contribution in [0.5, 0.6) is 0 Å². The highest BCUT2D eigenvalue weighted by molar-refractivity contribution is 7.99. The van der Waals surface area contributed by atoms with Gasteiger partial charge >= 0.3 is 0 Å². The molecule has 2 heterocycles. The van der Waals surface area contributed by atoms with E-state index in [4.69, 9.17) is 4.42 Å². The molecule has 0 bridgehead atoms. The fourth-order valence-corrected chi connectivity index (χ4v) is 3.52. The lowest BCUT2D eigenvalue weighted by molar-refractivity contribution is -0.113. The maximum atomic E-state index is 12.4. The summed E-state index contributed by atoms with van der Waals surface area (Å²) in [5.41, 5.74) is 3.02. The highest BCUT2D eigenvalue weighted by Crippen LogP contribution is 2.22. The average Bonchev–Trinajstić information content (AvgIpc) is 3.36. The summed E-state index contributed by atoms with van der Waals surface area (Å²) in [6.45, 7) is 4.25. The summed E-state index contributed by atoms with van der Waals surface area (Å²) < 4.78 is 6.81. The monoisotopic (exact) mass is 413 g/mol. The second-order valence-electron chi connectivity index (χ2n) is 6.42. The number of carbonyl (C=O) groups excluding carboxylic acids is 2. The summed E-state index contributed by atoms with van der Waals surface area (Å²) in [4.78, 5) is 24.4. The fraction of sp³-hybridized carbons (Fsp3) is 0.300. The zero-order chi connectivity index (χ0) is 20.8. The summed E-state index contributed by atoms with van der Waals surface area (Å²) in [6.07, 6.45) is 2.29. The Morgan fingerprint density at radius 2 is 2.03 bits per heavy atom. The zero-order valence-corrected chi connectivity index (χ0v) is 17.4. The number of thioether (sulfide) groups is 1. The number of hydrogen-bond acceptors (Lipinski definition) is 6. The number of furan rings is 1. The minimum Gasteiger partial charge on any atom is -0.459 e. The van der Waals surface area contributed by atoms with E-state index in [0.29, 0.717) is 11.0 Å². The first-order valence-corrected chi connectivity index (χ1v) is 10.2. The number of para-hydroxylation sites is 1. The van der Waals surface area contributed by atoms with Gasteiger partial charge in [0.25, 0.3) is 5.91 Å². The fourth-order valence-electron chi connectivity index (χ4n) is 2.79. The molecule has 0 aliphatic carbocycles. The Bertz CT molecular complexity index is 998. The highest BCUT2D eigenvalue weighted by Gasteiger charge is 2.15. The van der Waals surface area contributed by atoms with E-state index in [1.165, 1.54) is 18.0 Å². The summed E-state index contributed by atoms with van der Waals surface area (Å²) in [5, 5.41) is 14.5. The van der Waals surface area contributed by atoms with Gasteiger partial charge in [-0.1, -0.05) is 36.9 Å². The van der Waals surface area contributed by atoms with Crippen LogP contribution in [0.3, 0.4) is 0 Å². The van der Waals surface area contributed by atoms with Crippen molar-refractivity contribution in [1.82, 2.24) is 20.1 Å². The van der Waals surface area contributed by atoms with E-state index >= 15 is 0 Å². The molecule has 2 N–H and O–H groups in total. The molecule has 9 heteroatoms. The van der Waals surface area contributed by atoms with Crippen LogP contribution in [0.25, 0.3) is 0 Å². The maximum absolute atomic E-state index is 12.4. The molecule has 3 aromatic rings. The van der Waals surface area contributed by atoms with Crippen molar-refractivity contribution >= 4 is 29.3 Å². The van der Waals surface area contributed by atoms with Gasteiger partial charge in [-0.05, 0) is 36.6 Å². The molecular weight excluding hydrogens is 390 g/mol. The van der Waals surface area contributed by atoms with Crippen molar-refractivity contribution in [2.45, 2.75) is 32.0 Å². The van der Waals surface area contributed by atoms with Crippen molar-refractivity contribution in [2.24, 2.45) is 7.05 Å². The van der Waals surface area contributed by atoms with Crippen molar-refractivity contribution in [2.75, 3.05) is 11.1 Å². The lowest BCUT2D eigenvalue weighted by Gasteiger charge is -2.12. The molecule has 0 aliphatic rings. The van der Waals surface area contributed by atoms with Crippen molar-refractivity contribution < 1.29 is 14.0 Å². The van der Waals surface area contributed by atoms with Crippen LogP contribution < -0.4 is 10.6 Å². The Morgan fingerprint density at radius 3 is 2.76 bits per heavy atom. The van der Waals surface area contributed by atoms with Gasteiger partial charge in [-0.2, -0.15) is 0 Å². The van der Waals surface area contributed by atoms with Crippen LogP contribution in [0, 0.1) is 6.92 Å². The Morgan fingerprint density at radius 1 is 1.21 bits per heavy atom. The van der Waals surface area contributed by atoms with Gasteiger partial charge < -0.3 is 19.6 Å². The third-order valence-electron chi connectivity index (χ3n) is 4.41. The van der Waals surface area contributed by atoms with E-state index in [1.807, 2.05) is 25.1 Å². The summed E-state index contributed by atoms with van der Waals surface area (Å²) >= 11 is 1.29. The van der Waals surface area contributed by atoms with E-state index in [-0.39, 0.29) is 29.9 Å². The van der Waals surface area contributed by atoms with Gasteiger partial charge in [0, 0.05) is 12.7 Å². The molecule has 0 spiro atoms. The van der Waals surface area contributed by atoms with Gasteiger partial charge in [0.2, 0.25) is 5.91 Å². The number of aryl methyl sites for hydroxylation is 2. The average molecular weight is 414 g/mol. The molecule has 29 heavy (non-hydrogen) atoms. The smallest absolute Gasteiger partial charge is 0.287 e. The Labute approximate surface area is 173 Å². The van der Waals surface area contributed by atoms with Crippen molar-refractivity contribution in [3.8, 4) is 0 Å². The van der Waals surface area contributed by atoms with Crippen molar-refractivity contribution in [3.05, 3.63) is 59.3 Å². The van der Waals surface area contributed by atoms with Gasteiger partial charge in [-0.3, -0.25) is 9.59 Å². The minimum atomic E-state index is -0.323. The number of amides is 2. The van der Waals surface area contributed by atoms with Crippen LogP contribution in [-0.2, 0) is 24.8 Å². The zero-order valence-electron chi connectivity index (χ0n) is 16.6. The van der Waals surface area contributed by atoms with Gasteiger partial charge in [0.1, 0.15) is 0 Å². The third kappa shape index (κ3) is 5.05. The minimum absolute atomic E-state index is 0.102. The molecule has 0 radical (unpaired) electrons. The number of anilines is 1. The van der Waals surface area contributed by atoms with Crippen LogP contribution in [0.2, 0.25) is 0 Å². The molecule has 0 fully saturated rings. The maximum Gasteiger partial charge on any atom is 0.287 e. The topological polar surface area (TPSA) is 102 Å². The van der Waals surface area contributed by atoms with Gasteiger partial charge in [-0.15, -0.1) is 10.2 Å². The van der Waals surface area contributed by atoms with E-state index in [1.54, 1.807) is 23.7 Å². The SMILES string of the molecule is CCc1cccc(C)c1NC(=O)CSc1nnc(CNC(=O)c2ccco2)n1C. The molecule has 3 rings (SSSR count). The number of rotatable bonds is 8. The molecule has 2 amide bonds. The second-order valence-corrected chi connectivity index (χ2v) is 7.36. The highest BCUT2D eigenvalue weighted by atomic mass is 32.2. The van der Waals surface area contributed by atoms with E-state index in [9.17, 15) is 9.59 Å². The van der Waals surface area contributed by atoms with Crippen LogP contribution in [-0.4, -0.2) is 32.3 Å². The molecule has 152 valence electrons. The van der Waals surface area contributed by atoms with Crippen LogP contribution in [0.15, 0.2) is 46.2 Å². The van der Waals surface area contributed by atoms with Crippen molar-refractivity contribution in [1.29, 1.82) is 0 Å². The molecule has 0 unspecified atom stereocenters. The Hall–Kier alpha value is -3.07. The number of benzene rings is 1. The molecule has 1 aromatic carbocycles. The number of nitrogens with one attached hydrogen (secondary N) is 2. The molecule has 0 aliphatic heterocycles. The largest absolute Gasteiger partial charge is 0.459 e. The van der Waals surface area contributed by atoms with E-state index in [0.717, 1.165) is 23.2 Å². The van der Waals surface area contributed by atoms with E-state index < -0.39 is 0 Å². The first kappa shape index (κ1) is 20.7. The molecule has 0 atom stereocenters. The molecular formula is C20H23N5O3S. The van der Waals surface area contributed by atoms with Crippen molar-refractivity contribution in [3.63, 3.8) is 0 Å². The lowest BCUT2D eigenvalue weighted by atomic mass is 10.1. The number of aromatic nitrogens is 3. The standard InChI is InChI=1S/C20H23N5O3S/c1-4-14-8-5-7-13(2)18(14)22-17(26)12-29-20-24-23-16(25(20)3)11-21-19(27)15-9-6-10-28-15/h5-10H,4,11-12H2,1-3H3,(H,21,27)(H,22,26). The third-order valence-corrected chi connectivity index (χ3v) is 5.43. The predicted molar refractivity (Wildman–Crippen MR) is 111 cm³/mol. The lowest BCUT2D eigenvalue weighted by Crippen LogP contribution is -2.24. The van der Waals surface area contributed by atoms with Crippen LogP contribution in [0.1, 0.15) is 34.4 Å². The van der Waals surface area contributed by atoms with Crippen LogP contribution in [0.4, 0.5) is 5.69 Å². The van der Waals surface area contributed by atoms with Gasteiger partial charge in [-0.25, -0.2) is 0 Å². The first-order valence-electron chi connectivity index (χ1n) is 9.20. The molecule has 2 aromatic heterocycles. The molecule has 0 saturated heterocycles. The van der Waals surface area contributed by atoms with Crippen LogP contribution >= 0.6 is 11.8 Å². The Balaban J connectivity index is 1.55. The summed E-state index contributed by atoms with van der Waals surface area (Å²) in [5.74, 6) is 0.606. The summed E-state index contributed by atoms with van der Waals surface area (Å²) in [6, 6.07) is 9.22. The number of nitrogens with zero attached hydrogens (tertiary/aromatic N) is 3. The Kier molecular flexibility index (Phi) is 6.71. The van der Waals surface area contributed by atoms with Gasteiger partial charge in [0.15, 0.2) is 16.7 Å². The van der Waals surface area contributed by atoms with Gasteiger partial charge in [0.05, 0.1) is 18.6 Å². The van der Waals surface area contributed by atoms with E-state index in [2.05, 4.69) is 27.8 Å². The molecule has 0 saturated carbocycles. The quantitative estimate of drug-likeness (QED) is 0.551. The second kappa shape index (κ2) is 9.42. The number of hydrogen-bond donors (Lipinski definition) is 2.